The van der Waals surface area contributed by atoms with E-state index in [1.165, 1.54) is 0 Å². The second-order valence-corrected chi connectivity index (χ2v) is 5.79. The molecule has 0 saturated heterocycles. The highest BCUT2D eigenvalue weighted by atomic mass is 16.5. The van der Waals surface area contributed by atoms with E-state index in [1.54, 1.807) is 19.3 Å². The van der Waals surface area contributed by atoms with Gasteiger partial charge in [0.25, 0.3) is 0 Å². The maximum atomic E-state index is 12.0. The van der Waals surface area contributed by atoms with E-state index in [1.807, 2.05) is 6.07 Å². The van der Waals surface area contributed by atoms with Crippen molar-refractivity contribution < 1.29 is 13.9 Å². The normalized spacial score (nSPS) is 27.4. The first-order valence-corrected chi connectivity index (χ1v) is 7.23. The van der Waals surface area contributed by atoms with Crippen molar-refractivity contribution in [3.63, 3.8) is 0 Å². The summed E-state index contributed by atoms with van der Waals surface area (Å²) in [6.07, 6.45) is 4.06. The van der Waals surface area contributed by atoms with Crippen molar-refractivity contribution in [1.82, 2.24) is 5.32 Å². The topological polar surface area (TPSA) is 77.5 Å². The van der Waals surface area contributed by atoms with Crippen LogP contribution in [0.3, 0.4) is 0 Å². The van der Waals surface area contributed by atoms with Gasteiger partial charge in [0.2, 0.25) is 5.91 Å². The number of amides is 1. The standard InChI is InChI=1S/C15H24N2O3/c1-11-5-6-15(8-11,10-16)20-12(2)14(18)17-9-13-4-3-7-19-13/h3-4,7,11-12H,5-6,8-10,16H2,1-2H3,(H,17,18). The molecule has 20 heavy (non-hydrogen) atoms. The van der Waals surface area contributed by atoms with Crippen LogP contribution in [0.4, 0.5) is 0 Å². The van der Waals surface area contributed by atoms with Gasteiger partial charge in [-0.05, 0) is 44.2 Å². The van der Waals surface area contributed by atoms with E-state index in [0.29, 0.717) is 19.0 Å². The van der Waals surface area contributed by atoms with Crippen LogP contribution in [0.1, 0.15) is 38.9 Å². The van der Waals surface area contributed by atoms with Gasteiger partial charge in [-0.2, -0.15) is 0 Å². The minimum absolute atomic E-state index is 0.131. The summed E-state index contributed by atoms with van der Waals surface area (Å²) in [5, 5.41) is 2.81. The minimum Gasteiger partial charge on any atom is -0.467 e. The van der Waals surface area contributed by atoms with Gasteiger partial charge < -0.3 is 20.2 Å². The monoisotopic (exact) mass is 280 g/mol. The van der Waals surface area contributed by atoms with Crippen LogP contribution >= 0.6 is 0 Å². The fourth-order valence-corrected chi connectivity index (χ4v) is 2.85. The van der Waals surface area contributed by atoms with E-state index in [-0.39, 0.29) is 11.5 Å². The van der Waals surface area contributed by atoms with Crippen LogP contribution in [-0.2, 0) is 16.1 Å². The lowest BCUT2D eigenvalue weighted by atomic mass is 10.0. The lowest BCUT2D eigenvalue weighted by Crippen LogP contribution is -2.45. The van der Waals surface area contributed by atoms with Gasteiger partial charge in [-0.15, -0.1) is 0 Å². The summed E-state index contributed by atoms with van der Waals surface area (Å²) in [5.41, 5.74) is 5.53. The highest BCUT2D eigenvalue weighted by Gasteiger charge is 2.39. The summed E-state index contributed by atoms with van der Waals surface area (Å²) in [6, 6.07) is 3.62. The van der Waals surface area contributed by atoms with Crippen LogP contribution in [0.5, 0.6) is 0 Å². The maximum absolute atomic E-state index is 12.0. The molecule has 0 aliphatic heterocycles. The Morgan fingerprint density at radius 1 is 1.70 bits per heavy atom. The first-order chi connectivity index (χ1) is 9.54. The van der Waals surface area contributed by atoms with E-state index in [0.717, 1.165) is 25.0 Å². The number of hydrogen-bond acceptors (Lipinski definition) is 4. The molecule has 1 aliphatic carbocycles. The fraction of sp³-hybridized carbons (Fsp3) is 0.667. The zero-order valence-corrected chi connectivity index (χ0v) is 12.2. The van der Waals surface area contributed by atoms with E-state index >= 15 is 0 Å². The van der Waals surface area contributed by atoms with Gasteiger partial charge in [-0.25, -0.2) is 0 Å². The van der Waals surface area contributed by atoms with Crippen molar-refractivity contribution in [2.24, 2.45) is 11.7 Å². The number of carbonyl (C=O) groups excluding carboxylic acids is 1. The summed E-state index contributed by atoms with van der Waals surface area (Å²) in [7, 11) is 0. The van der Waals surface area contributed by atoms with Crippen LogP contribution in [-0.4, -0.2) is 24.2 Å². The molecule has 1 fully saturated rings. The number of rotatable bonds is 6. The van der Waals surface area contributed by atoms with Crippen molar-refractivity contribution >= 4 is 5.91 Å². The van der Waals surface area contributed by atoms with Crippen molar-refractivity contribution in [3.8, 4) is 0 Å². The zero-order chi connectivity index (χ0) is 14.6. The lowest BCUT2D eigenvalue weighted by molar-refractivity contribution is -0.144. The van der Waals surface area contributed by atoms with Gasteiger partial charge in [0.05, 0.1) is 18.4 Å². The van der Waals surface area contributed by atoms with Gasteiger partial charge in [0.15, 0.2) is 0 Å². The average Bonchev–Trinajstić information content (AvgIpc) is 3.06. The molecule has 0 aromatic carbocycles. The first-order valence-electron chi connectivity index (χ1n) is 7.23. The summed E-state index contributed by atoms with van der Waals surface area (Å²) >= 11 is 0. The maximum Gasteiger partial charge on any atom is 0.249 e. The Balaban J connectivity index is 1.84. The van der Waals surface area contributed by atoms with Crippen molar-refractivity contribution in [3.05, 3.63) is 24.2 Å². The molecule has 1 aliphatic rings. The quantitative estimate of drug-likeness (QED) is 0.833. The van der Waals surface area contributed by atoms with Crippen molar-refractivity contribution in [2.75, 3.05) is 6.54 Å². The molecule has 3 atom stereocenters. The van der Waals surface area contributed by atoms with Crippen LogP contribution in [0.2, 0.25) is 0 Å². The molecule has 3 unspecified atom stereocenters. The Labute approximate surface area is 119 Å². The summed E-state index contributed by atoms with van der Waals surface area (Å²) < 4.78 is 11.2. The lowest BCUT2D eigenvalue weighted by Gasteiger charge is -2.31. The molecular weight excluding hydrogens is 256 g/mol. The summed E-state index contributed by atoms with van der Waals surface area (Å²) in [6.45, 7) is 4.82. The van der Waals surface area contributed by atoms with E-state index in [9.17, 15) is 4.79 Å². The van der Waals surface area contributed by atoms with Gasteiger partial charge in [-0.3, -0.25) is 4.79 Å². The van der Waals surface area contributed by atoms with Crippen LogP contribution in [0.25, 0.3) is 0 Å². The predicted molar refractivity (Wildman–Crippen MR) is 75.9 cm³/mol. The van der Waals surface area contributed by atoms with E-state index in [2.05, 4.69) is 12.2 Å². The molecule has 1 saturated carbocycles. The van der Waals surface area contributed by atoms with Crippen LogP contribution < -0.4 is 11.1 Å². The Bertz CT molecular complexity index is 432. The van der Waals surface area contributed by atoms with E-state index in [4.69, 9.17) is 14.9 Å². The molecule has 112 valence electrons. The SMILES string of the molecule is CC1CCC(CN)(OC(C)C(=O)NCc2ccco2)C1. The third-order valence-electron chi connectivity index (χ3n) is 4.00. The number of nitrogens with one attached hydrogen (secondary N) is 1. The molecule has 1 heterocycles. The molecule has 0 spiro atoms. The number of ether oxygens (including phenoxy) is 1. The molecule has 2 rings (SSSR count). The molecule has 1 aromatic rings. The fourth-order valence-electron chi connectivity index (χ4n) is 2.85. The average molecular weight is 280 g/mol. The smallest absolute Gasteiger partial charge is 0.249 e. The number of hydrogen-bond donors (Lipinski definition) is 2. The van der Waals surface area contributed by atoms with Gasteiger partial charge >= 0.3 is 0 Å². The molecule has 0 bridgehead atoms. The third kappa shape index (κ3) is 3.61. The Kier molecular flexibility index (Phi) is 4.83. The highest BCUT2D eigenvalue weighted by Crippen LogP contribution is 2.37. The summed E-state index contributed by atoms with van der Waals surface area (Å²) in [4.78, 5) is 12.0. The highest BCUT2D eigenvalue weighted by molar-refractivity contribution is 5.80. The second-order valence-electron chi connectivity index (χ2n) is 5.79. The van der Waals surface area contributed by atoms with Gasteiger partial charge in [0.1, 0.15) is 11.9 Å². The first kappa shape index (κ1) is 15.1. The third-order valence-corrected chi connectivity index (χ3v) is 4.00. The molecule has 1 amide bonds. The zero-order valence-electron chi connectivity index (χ0n) is 12.2. The van der Waals surface area contributed by atoms with E-state index < -0.39 is 6.10 Å². The molecule has 3 N–H and O–H groups in total. The Hall–Kier alpha value is -1.33. The van der Waals surface area contributed by atoms with Crippen LogP contribution in [0, 0.1) is 5.92 Å². The van der Waals surface area contributed by atoms with Crippen molar-refractivity contribution in [2.45, 2.75) is 51.4 Å². The molecular formula is C15H24N2O3. The molecule has 5 heteroatoms. The molecule has 5 nitrogen and oxygen atoms in total. The Morgan fingerprint density at radius 2 is 2.50 bits per heavy atom. The molecule has 1 aromatic heterocycles. The predicted octanol–water partition coefficient (Wildman–Crippen LogP) is 1.82. The number of carbonyl (C=O) groups is 1. The minimum atomic E-state index is -0.501. The second kappa shape index (κ2) is 6.41. The molecule has 0 radical (unpaired) electrons. The van der Waals surface area contributed by atoms with Crippen molar-refractivity contribution in [1.29, 1.82) is 0 Å². The summed E-state index contributed by atoms with van der Waals surface area (Å²) in [5.74, 6) is 1.21. The Morgan fingerprint density at radius 3 is 3.05 bits per heavy atom. The van der Waals surface area contributed by atoms with Gasteiger partial charge in [-0.1, -0.05) is 6.92 Å². The van der Waals surface area contributed by atoms with Gasteiger partial charge in [0, 0.05) is 6.54 Å². The largest absolute Gasteiger partial charge is 0.467 e. The van der Waals surface area contributed by atoms with Crippen LogP contribution in [0.15, 0.2) is 22.8 Å². The number of nitrogens with two attached hydrogens (primary N) is 1. The number of furan rings is 1.